The van der Waals surface area contributed by atoms with E-state index < -0.39 is 0 Å². The summed E-state index contributed by atoms with van der Waals surface area (Å²) in [5, 5.41) is 9.27. The molecule has 6 nitrogen and oxygen atoms in total. The smallest absolute Gasteiger partial charge is 0.234 e. The molecule has 2 atom stereocenters. The number of likely N-dealkylation sites (tertiary alicyclic amines) is 1. The zero-order valence-electron chi connectivity index (χ0n) is 12.7. The van der Waals surface area contributed by atoms with Gasteiger partial charge in [-0.25, -0.2) is 4.98 Å². The van der Waals surface area contributed by atoms with Gasteiger partial charge in [0.1, 0.15) is 12.7 Å². The monoisotopic (exact) mass is 319 g/mol. The lowest BCUT2D eigenvalue weighted by Gasteiger charge is -2.24. The van der Waals surface area contributed by atoms with E-state index in [-0.39, 0.29) is 11.9 Å². The lowest BCUT2D eigenvalue weighted by atomic mass is 10.2. The summed E-state index contributed by atoms with van der Waals surface area (Å²) >= 11 is 1.67. The van der Waals surface area contributed by atoms with Gasteiger partial charge in [0.25, 0.3) is 0 Å². The fourth-order valence-electron chi connectivity index (χ4n) is 2.93. The molecule has 1 aliphatic heterocycles. The third-order valence-corrected chi connectivity index (χ3v) is 5.11. The van der Waals surface area contributed by atoms with Gasteiger partial charge in [-0.3, -0.25) is 14.4 Å². The van der Waals surface area contributed by atoms with Gasteiger partial charge in [-0.2, -0.15) is 5.10 Å². The Bertz CT molecular complexity index is 583. The number of hydrogen-bond acceptors (Lipinski definition) is 5. The van der Waals surface area contributed by atoms with Crippen LogP contribution < -0.4 is 5.32 Å². The summed E-state index contributed by atoms with van der Waals surface area (Å²) in [6.45, 7) is 4.25. The van der Waals surface area contributed by atoms with Crippen LogP contribution in [-0.2, 0) is 11.3 Å². The van der Waals surface area contributed by atoms with Crippen molar-refractivity contribution in [2.45, 2.75) is 38.4 Å². The summed E-state index contributed by atoms with van der Waals surface area (Å²) in [6, 6.07) is 4.50. The van der Waals surface area contributed by atoms with Crippen molar-refractivity contribution in [3.05, 3.63) is 35.0 Å². The van der Waals surface area contributed by atoms with Crippen LogP contribution in [-0.4, -0.2) is 44.7 Å². The molecule has 1 amide bonds. The second kappa shape index (κ2) is 7.02. The molecule has 0 aliphatic carbocycles. The highest BCUT2D eigenvalue weighted by Crippen LogP contribution is 2.20. The third-order valence-electron chi connectivity index (χ3n) is 4.06. The Labute approximate surface area is 134 Å². The normalized spacial score (nSPS) is 20.1. The number of nitrogens with zero attached hydrogens (tertiary/aromatic N) is 4. The number of carbonyl (C=O) groups is 1. The highest BCUT2D eigenvalue weighted by Gasteiger charge is 2.27. The summed E-state index contributed by atoms with van der Waals surface area (Å²) in [7, 11) is 0. The predicted molar refractivity (Wildman–Crippen MR) is 85.5 cm³/mol. The highest BCUT2D eigenvalue weighted by molar-refractivity contribution is 7.10. The van der Waals surface area contributed by atoms with Crippen LogP contribution in [0, 0.1) is 0 Å². The molecule has 0 bridgehead atoms. The van der Waals surface area contributed by atoms with E-state index in [1.807, 2.05) is 23.1 Å². The Hall–Kier alpha value is -1.73. The number of amides is 1. The Balaban J connectivity index is 1.51. The summed E-state index contributed by atoms with van der Waals surface area (Å²) in [5.41, 5.74) is 0. The molecule has 0 aromatic carbocycles. The van der Waals surface area contributed by atoms with Crippen molar-refractivity contribution in [3.8, 4) is 0 Å². The SMILES string of the molecule is C[C@@H](NC(=O)CN1CCC[C@H]1Cn1cncn1)c1cccs1. The van der Waals surface area contributed by atoms with Gasteiger partial charge in [0.2, 0.25) is 5.91 Å². The first-order valence-corrected chi connectivity index (χ1v) is 8.49. The Morgan fingerprint density at radius 1 is 1.59 bits per heavy atom. The number of aromatic nitrogens is 3. The lowest BCUT2D eigenvalue weighted by molar-refractivity contribution is -0.123. The van der Waals surface area contributed by atoms with Gasteiger partial charge in [-0.15, -0.1) is 11.3 Å². The van der Waals surface area contributed by atoms with Gasteiger partial charge in [0.15, 0.2) is 0 Å². The molecule has 3 heterocycles. The van der Waals surface area contributed by atoms with Crippen molar-refractivity contribution in [2.75, 3.05) is 13.1 Å². The average molecular weight is 319 g/mol. The Morgan fingerprint density at radius 3 is 3.23 bits per heavy atom. The molecule has 1 saturated heterocycles. The summed E-state index contributed by atoms with van der Waals surface area (Å²) in [4.78, 5) is 19.7. The number of nitrogens with one attached hydrogen (secondary N) is 1. The third kappa shape index (κ3) is 3.72. The molecule has 3 rings (SSSR count). The van der Waals surface area contributed by atoms with Crippen molar-refractivity contribution in [3.63, 3.8) is 0 Å². The quantitative estimate of drug-likeness (QED) is 0.880. The van der Waals surface area contributed by atoms with Crippen LogP contribution >= 0.6 is 11.3 Å². The van der Waals surface area contributed by atoms with Crippen molar-refractivity contribution >= 4 is 17.2 Å². The molecule has 1 aliphatic rings. The van der Waals surface area contributed by atoms with Crippen LogP contribution in [0.2, 0.25) is 0 Å². The zero-order chi connectivity index (χ0) is 15.4. The van der Waals surface area contributed by atoms with E-state index in [0.29, 0.717) is 12.6 Å². The molecule has 0 radical (unpaired) electrons. The lowest BCUT2D eigenvalue weighted by Crippen LogP contribution is -2.42. The van der Waals surface area contributed by atoms with Crippen LogP contribution in [0.4, 0.5) is 0 Å². The largest absolute Gasteiger partial charge is 0.348 e. The van der Waals surface area contributed by atoms with E-state index in [2.05, 4.69) is 26.4 Å². The molecular weight excluding hydrogens is 298 g/mol. The highest BCUT2D eigenvalue weighted by atomic mass is 32.1. The fraction of sp³-hybridized carbons (Fsp3) is 0.533. The molecule has 0 saturated carbocycles. The molecule has 7 heteroatoms. The fourth-order valence-corrected chi connectivity index (χ4v) is 3.67. The van der Waals surface area contributed by atoms with Crippen LogP contribution in [0.5, 0.6) is 0 Å². The van der Waals surface area contributed by atoms with E-state index in [0.717, 1.165) is 25.9 Å². The maximum atomic E-state index is 12.3. The second-order valence-electron chi connectivity index (χ2n) is 5.69. The van der Waals surface area contributed by atoms with Gasteiger partial charge in [0, 0.05) is 10.9 Å². The first-order chi connectivity index (χ1) is 10.7. The zero-order valence-corrected chi connectivity index (χ0v) is 13.5. The first kappa shape index (κ1) is 15.2. The molecule has 2 aromatic heterocycles. The number of rotatable bonds is 6. The molecule has 0 unspecified atom stereocenters. The molecule has 22 heavy (non-hydrogen) atoms. The standard InChI is InChI=1S/C15H21N5OS/c1-12(14-5-3-7-22-14)18-15(21)9-19-6-2-4-13(19)8-20-11-16-10-17-20/h3,5,7,10-13H,2,4,6,8-9H2,1H3,(H,18,21)/t12-,13+/m1/s1. The van der Waals surface area contributed by atoms with E-state index >= 15 is 0 Å². The van der Waals surface area contributed by atoms with E-state index in [1.165, 1.54) is 4.88 Å². The van der Waals surface area contributed by atoms with Crippen molar-refractivity contribution < 1.29 is 4.79 Å². The van der Waals surface area contributed by atoms with Crippen LogP contribution in [0.3, 0.4) is 0 Å². The van der Waals surface area contributed by atoms with E-state index in [1.54, 1.807) is 24.0 Å². The van der Waals surface area contributed by atoms with Gasteiger partial charge < -0.3 is 5.32 Å². The number of hydrogen-bond donors (Lipinski definition) is 1. The molecular formula is C15H21N5OS. The molecule has 1 fully saturated rings. The van der Waals surface area contributed by atoms with Gasteiger partial charge in [0.05, 0.1) is 19.1 Å². The minimum atomic E-state index is 0.0730. The van der Waals surface area contributed by atoms with Crippen molar-refractivity contribution in [1.82, 2.24) is 25.0 Å². The number of carbonyl (C=O) groups excluding carboxylic acids is 1. The maximum absolute atomic E-state index is 12.3. The molecule has 0 spiro atoms. The summed E-state index contributed by atoms with van der Waals surface area (Å²) in [6.07, 6.45) is 5.52. The minimum Gasteiger partial charge on any atom is -0.348 e. The van der Waals surface area contributed by atoms with E-state index in [4.69, 9.17) is 0 Å². The Kier molecular flexibility index (Phi) is 4.84. The van der Waals surface area contributed by atoms with Crippen molar-refractivity contribution in [2.24, 2.45) is 0 Å². The van der Waals surface area contributed by atoms with Crippen LogP contribution in [0.1, 0.15) is 30.7 Å². The second-order valence-corrected chi connectivity index (χ2v) is 6.67. The van der Waals surface area contributed by atoms with Gasteiger partial charge in [-0.1, -0.05) is 6.07 Å². The first-order valence-electron chi connectivity index (χ1n) is 7.61. The van der Waals surface area contributed by atoms with Crippen LogP contribution in [0.15, 0.2) is 30.2 Å². The van der Waals surface area contributed by atoms with E-state index in [9.17, 15) is 4.79 Å². The minimum absolute atomic E-state index is 0.0730. The Morgan fingerprint density at radius 2 is 2.50 bits per heavy atom. The predicted octanol–water partition coefficient (Wildman–Crippen LogP) is 1.68. The average Bonchev–Trinajstić information content (AvgIpc) is 3.22. The van der Waals surface area contributed by atoms with Crippen LogP contribution in [0.25, 0.3) is 0 Å². The van der Waals surface area contributed by atoms with Gasteiger partial charge >= 0.3 is 0 Å². The summed E-state index contributed by atoms with van der Waals surface area (Å²) < 4.78 is 1.84. The maximum Gasteiger partial charge on any atom is 0.234 e. The topological polar surface area (TPSA) is 63.1 Å². The molecule has 118 valence electrons. The molecule has 2 aromatic rings. The molecule has 1 N–H and O–H groups in total. The van der Waals surface area contributed by atoms with Gasteiger partial charge in [-0.05, 0) is 37.8 Å². The van der Waals surface area contributed by atoms with Crippen molar-refractivity contribution in [1.29, 1.82) is 0 Å². The number of thiophene rings is 1. The summed E-state index contributed by atoms with van der Waals surface area (Å²) in [5.74, 6) is 0.0893.